The minimum absolute atomic E-state index is 0.0412. The molecule has 0 aromatic carbocycles. The Bertz CT molecular complexity index is 304. The molecule has 1 aliphatic heterocycles. The minimum Gasteiger partial charge on any atom is -0.466 e. The van der Waals surface area contributed by atoms with Crippen molar-refractivity contribution in [1.29, 1.82) is 0 Å². The Balaban J connectivity index is 2.62. The van der Waals surface area contributed by atoms with Crippen molar-refractivity contribution in [1.82, 2.24) is 0 Å². The summed E-state index contributed by atoms with van der Waals surface area (Å²) in [7, 11) is 0. The third-order valence-electron chi connectivity index (χ3n) is 3.15. The summed E-state index contributed by atoms with van der Waals surface area (Å²) in [5.41, 5.74) is 0. The van der Waals surface area contributed by atoms with Crippen molar-refractivity contribution in [2.24, 2.45) is 5.92 Å². The van der Waals surface area contributed by atoms with Gasteiger partial charge in [-0.25, -0.2) is 0 Å². The number of hydrogen-bond acceptors (Lipinski definition) is 4. The van der Waals surface area contributed by atoms with Crippen LogP contribution in [0.5, 0.6) is 0 Å². The number of alkyl halides is 1. The van der Waals surface area contributed by atoms with Crippen LogP contribution in [0.25, 0.3) is 0 Å². The molecule has 1 heterocycles. The van der Waals surface area contributed by atoms with Crippen LogP contribution in [0.3, 0.4) is 0 Å². The average molecular weight is 337 g/mol. The number of rotatable bonds is 5. The van der Waals surface area contributed by atoms with Crippen molar-refractivity contribution in [2.75, 3.05) is 6.61 Å². The van der Waals surface area contributed by atoms with Gasteiger partial charge in [-0.3, -0.25) is 4.79 Å². The maximum absolute atomic E-state index is 11.5. The lowest BCUT2D eigenvalue weighted by molar-refractivity contribution is -0.305. The van der Waals surface area contributed by atoms with E-state index in [1.807, 2.05) is 20.8 Å². The Morgan fingerprint density at radius 1 is 1.37 bits per heavy atom. The lowest BCUT2D eigenvalue weighted by Crippen LogP contribution is -2.49. The molecule has 0 radical (unpaired) electrons. The normalized spacial score (nSPS) is 28.2. The van der Waals surface area contributed by atoms with Crippen LogP contribution in [0.2, 0.25) is 0 Å². The largest absolute Gasteiger partial charge is 0.466 e. The number of carbonyl (C=O) groups is 1. The molecule has 1 fully saturated rings. The standard InChI is InChI=1S/C14H25BrO4/c1-6-17-13(16)7-10(15)12-8-11(9(2)3)18-14(4,5)19-12/h9-12H,6-8H2,1-5H3/t10?,11?,12-/m0/s1. The molecular weight excluding hydrogens is 312 g/mol. The predicted molar refractivity (Wildman–Crippen MR) is 77.2 cm³/mol. The Morgan fingerprint density at radius 2 is 1.95 bits per heavy atom. The third-order valence-corrected chi connectivity index (χ3v) is 4.06. The molecule has 1 rings (SSSR count). The van der Waals surface area contributed by atoms with Crippen molar-refractivity contribution < 1.29 is 19.0 Å². The van der Waals surface area contributed by atoms with Crippen LogP contribution in [-0.4, -0.2) is 35.4 Å². The van der Waals surface area contributed by atoms with Crippen LogP contribution in [0.1, 0.15) is 47.5 Å². The third kappa shape index (κ3) is 5.40. The molecule has 19 heavy (non-hydrogen) atoms. The van der Waals surface area contributed by atoms with Crippen molar-refractivity contribution in [3.63, 3.8) is 0 Å². The number of ether oxygens (including phenoxy) is 3. The summed E-state index contributed by atoms with van der Waals surface area (Å²) in [6, 6.07) is 0. The summed E-state index contributed by atoms with van der Waals surface area (Å²) in [6.07, 6.45) is 1.21. The molecule has 0 aromatic rings. The molecule has 4 nitrogen and oxygen atoms in total. The van der Waals surface area contributed by atoms with Gasteiger partial charge in [-0.15, -0.1) is 0 Å². The van der Waals surface area contributed by atoms with Crippen LogP contribution in [-0.2, 0) is 19.0 Å². The Kier molecular flexibility index (Phi) is 6.27. The number of hydrogen-bond donors (Lipinski definition) is 0. The van der Waals surface area contributed by atoms with E-state index in [-0.39, 0.29) is 23.0 Å². The topological polar surface area (TPSA) is 44.8 Å². The molecule has 0 saturated carbocycles. The average Bonchev–Trinajstić information content (AvgIpc) is 2.26. The van der Waals surface area contributed by atoms with Gasteiger partial charge in [-0.05, 0) is 26.7 Å². The van der Waals surface area contributed by atoms with Crippen molar-refractivity contribution in [3.8, 4) is 0 Å². The van der Waals surface area contributed by atoms with Gasteiger partial charge in [-0.1, -0.05) is 29.8 Å². The van der Waals surface area contributed by atoms with Gasteiger partial charge in [0.25, 0.3) is 0 Å². The summed E-state index contributed by atoms with van der Waals surface area (Å²) in [5, 5.41) is 0. The Hall–Kier alpha value is -0.130. The fraction of sp³-hybridized carbons (Fsp3) is 0.929. The maximum atomic E-state index is 11.5. The molecule has 0 bridgehead atoms. The van der Waals surface area contributed by atoms with E-state index in [4.69, 9.17) is 14.2 Å². The predicted octanol–water partition coefficient (Wildman–Crippen LogP) is 3.27. The molecule has 5 heteroatoms. The maximum Gasteiger partial charge on any atom is 0.307 e. The number of esters is 1. The molecule has 0 spiro atoms. The molecule has 1 saturated heterocycles. The van der Waals surface area contributed by atoms with E-state index in [0.29, 0.717) is 18.9 Å². The van der Waals surface area contributed by atoms with Crippen molar-refractivity contribution >= 4 is 21.9 Å². The highest BCUT2D eigenvalue weighted by Crippen LogP contribution is 2.34. The molecule has 3 atom stereocenters. The highest BCUT2D eigenvalue weighted by Gasteiger charge is 2.39. The molecule has 2 unspecified atom stereocenters. The molecule has 112 valence electrons. The van der Waals surface area contributed by atoms with Crippen LogP contribution < -0.4 is 0 Å². The molecule has 0 aromatic heterocycles. The van der Waals surface area contributed by atoms with Gasteiger partial charge in [0.15, 0.2) is 5.79 Å². The van der Waals surface area contributed by atoms with Crippen LogP contribution >= 0.6 is 15.9 Å². The van der Waals surface area contributed by atoms with E-state index in [9.17, 15) is 4.79 Å². The van der Waals surface area contributed by atoms with Crippen LogP contribution in [0.4, 0.5) is 0 Å². The highest BCUT2D eigenvalue weighted by atomic mass is 79.9. The molecule has 1 aliphatic rings. The zero-order chi connectivity index (χ0) is 14.6. The van der Waals surface area contributed by atoms with Gasteiger partial charge in [0.1, 0.15) is 0 Å². The second-order valence-electron chi connectivity index (χ2n) is 5.72. The summed E-state index contributed by atoms with van der Waals surface area (Å²) >= 11 is 3.56. The molecule has 0 aliphatic carbocycles. The van der Waals surface area contributed by atoms with Crippen molar-refractivity contribution in [3.05, 3.63) is 0 Å². The first-order valence-electron chi connectivity index (χ1n) is 6.90. The van der Waals surface area contributed by atoms with Gasteiger partial charge < -0.3 is 14.2 Å². The van der Waals surface area contributed by atoms with Crippen LogP contribution in [0, 0.1) is 5.92 Å². The Morgan fingerprint density at radius 3 is 2.47 bits per heavy atom. The Labute approximate surface area is 124 Å². The summed E-state index contributed by atoms with van der Waals surface area (Å²) < 4.78 is 16.8. The zero-order valence-corrected chi connectivity index (χ0v) is 14.0. The fourth-order valence-corrected chi connectivity index (χ4v) is 2.81. The fourth-order valence-electron chi connectivity index (χ4n) is 2.22. The van der Waals surface area contributed by atoms with Gasteiger partial charge in [-0.2, -0.15) is 0 Å². The minimum atomic E-state index is -0.613. The molecular formula is C14H25BrO4. The highest BCUT2D eigenvalue weighted by molar-refractivity contribution is 9.09. The zero-order valence-electron chi connectivity index (χ0n) is 12.4. The number of carbonyl (C=O) groups excluding carboxylic acids is 1. The summed E-state index contributed by atoms with van der Waals surface area (Å²) in [6.45, 7) is 10.3. The summed E-state index contributed by atoms with van der Waals surface area (Å²) in [4.78, 5) is 11.5. The number of halogens is 1. The SMILES string of the molecule is CCOC(=O)CC(Br)[C@@H]1CC(C(C)C)OC(C)(C)O1. The van der Waals surface area contributed by atoms with Gasteiger partial charge in [0, 0.05) is 6.42 Å². The monoisotopic (exact) mass is 336 g/mol. The first-order chi connectivity index (χ1) is 8.75. The quantitative estimate of drug-likeness (QED) is 0.571. The first kappa shape index (κ1) is 16.9. The second-order valence-corrected chi connectivity index (χ2v) is 6.89. The van der Waals surface area contributed by atoms with Crippen molar-refractivity contribution in [2.45, 2.75) is 70.3 Å². The van der Waals surface area contributed by atoms with Gasteiger partial charge in [0.05, 0.1) is 30.1 Å². The lowest BCUT2D eigenvalue weighted by Gasteiger charge is -2.43. The van der Waals surface area contributed by atoms with E-state index < -0.39 is 5.79 Å². The smallest absolute Gasteiger partial charge is 0.307 e. The van der Waals surface area contributed by atoms with E-state index in [1.165, 1.54) is 0 Å². The lowest BCUT2D eigenvalue weighted by atomic mass is 9.96. The first-order valence-corrected chi connectivity index (χ1v) is 7.82. The van der Waals surface area contributed by atoms with Crippen LogP contribution in [0.15, 0.2) is 0 Å². The van der Waals surface area contributed by atoms with E-state index in [0.717, 1.165) is 6.42 Å². The van der Waals surface area contributed by atoms with Gasteiger partial charge in [0.2, 0.25) is 0 Å². The van der Waals surface area contributed by atoms with E-state index in [1.54, 1.807) is 0 Å². The second kappa shape index (κ2) is 7.04. The van der Waals surface area contributed by atoms with Gasteiger partial charge >= 0.3 is 5.97 Å². The molecule has 0 N–H and O–H groups in total. The molecule has 0 amide bonds. The summed E-state index contributed by atoms with van der Waals surface area (Å²) in [5.74, 6) is -0.384. The van der Waals surface area contributed by atoms with E-state index >= 15 is 0 Å². The van der Waals surface area contributed by atoms with E-state index in [2.05, 4.69) is 29.8 Å².